The summed E-state index contributed by atoms with van der Waals surface area (Å²) in [7, 11) is 0. The summed E-state index contributed by atoms with van der Waals surface area (Å²) in [5.74, 6) is -0.206. The standard InChI is InChI=1S/C18H15BrFN/c1-12(13-3-7-17(20)8-4-13)21-18-9-5-14-10-16(19)6-2-15(14)11-18/h2-12,21H,1H3. The third-order valence-electron chi connectivity index (χ3n) is 3.56. The van der Waals surface area contributed by atoms with Crippen LogP contribution < -0.4 is 5.32 Å². The molecule has 3 rings (SSSR count). The summed E-state index contributed by atoms with van der Waals surface area (Å²) in [6.07, 6.45) is 0. The van der Waals surface area contributed by atoms with E-state index in [1.54, 1.807) is 0 Å². The monoisotopic (exact) mass is 343 g/mol. The van der Waals surface area contributed by atoms with Gasteiger partial charge in [0.2, 0.25) is 0 Å². The van der Waals surface area contributed by atoms with Crippen LogP contribution in [0.1, 0.15) is 18.5 Å². The van der Waals surface area contributed by atoms with E-state index >= 15 is 0 Å². The smallest absolute Gasteiger partial charge is 0.123 e. The lowest BCUT2D eigenvalue weighted by atomic mass is 10.1. The molecule has 21 heavy (non-hydrogen) atoms. The molecule has 0 radical (unpaired) electrons. The molecule has 0 heterocycles. The summed E-state index contributed by atoms with van der Waals surface area (Å²) in [6, 6.07) is 19.2. The molecule has 0 aliphatic carbocycles. The van der Waals surface area contributed by atoms with E-state index in [1.165, 1.54) is 22.9 Å². The molecule has 3 heteroatoms. The molecule has 1 unspecified atom stereocenters. The molecular formula is C18H15BrFN. The number of hydrogen-bond donors (Lipinski definition) is 1. The minimum atomic E-state index is -0.206. The molecule has 1 atom stereocenters. The van der Waals surface area contributed by atoms with Crippen LogP contribution in [0.2, 0.25) is 0 Å². The fraction of sp³-hybridized carbons (Fsp3) is 0.111. The maximum atomic E-state index is 13.0. The zero-order valence-corrected chi connectivity index (χ0v) is 13.2. The fourth-order valence-electron chi connectivity index (χ4n) is 2.39. The Labute approximate surface area is 131 Å². The van der Waals surface area contributed by atoms with Crippen molar-refractivity contribution in [3.8, 4) is 0 Å². The van der Waals surface area contributed by atoms with Crippen molar-refractivity contribution in [1.82, 2.24) is 0 Å². The van der Waals surface area contributed by atoms with Gasteiger partial charge in [0.1, 0.15) is 5.82 Å². The van der Waals surface area contributed by atoms with E-state index in [0.29, 0.717) is 0 Å². The first-order valence-electron chi connectivity index (χ1n) is 6.83. The molecular weight excluding hydrogens is 329 g/mol. The third-order valence-corrected chi connectivity index (χ3v) is 4.05. The molecule has 0 aliphatic rings. The molecule has 106 valence electrons. The van der Waals surface area contributed by atoms with Crippen LogP contribution in [0, 0.1) is 5.82 Å². The summed E-state index contributed by atoms with van der Waals surface area (Å²) in [5.41, 5.74) is 2.12. The predicted octanol–water partition coefficient (Wildman–Crippen LogP) is 5.91. The van der Waals surface area contributed by atoms with Crippen LogP contribution in [0.15, 0.2) is 65.1 Å². The zero-order chi connectivity index (χ0) is 14.8. The zero-order valence-electron chi connectivity index (χ0n) is 11.6. The van der Waals surface area contributed by atoms with Gasteiger partial charge in [-0.1, -0.05) is 40.2 Å². The van der Waals surface area contributed by atoms with E-state index in [9.17, 15) is 4.39 Å². The summed E-state index contributed by atoms with van der Waals surface area (Å²) >= 11 is 3.48. The van der Waals surface area contributed by atoms with Crippen LogP contribution in [0.4, 0.5) is 10.1 Å². The maximum absolute atomic E-state index is 13.0. The van der Waals surface area contributed by atoms with Crippen molar-refractivity contribution in [2.75, 3.05) is 5.32 Å². The Morgan fingerprint density at radius 3 is 2.33 bits per heavy atom. The number of benzene rings is 3. The lowest BCUT2D eigenvalue weighted by Crippen LogP contribution is -2.06. The number of nitrogens with one attached hydrogen (secondary N) is 1. The van der Waals surface area contributed by atoms with Crippen LogP contribution in [0.5, 0.6) is 0 Å². The van der Waals surface area contributed by atoms with E-state index in [0.717, 1.165) is 15.7 Å². The maximum Gasteiger partial charge on any atom is 0.123 e. The highest BCUT2D eigenvalue weighted by Gasteiger charge is 2.06. The topological polar surface area (TPSA) is 12.0 Å². The molecule has 1 N–H and O–H groups in total. The Morgan fingerprint density at radius 2 is 1.57 bits per heavy atom. The molecule has 3 aromatic carbocycles. The minimum Gasteiger partial charge on any atom is -0.379 e. The van der Waals surface area contributed by atoms with Crippen LogP contribution in [-0.4, -0.2) is 0 Å². The van der Waals surface area contributed by atoms with Crippen LogP contribution in [0.3, 0.4) is 0 Å². The number of hydrogen-bond acceptors (Lipinski definition) is 1. The Bertz CT molecular complexity index is 768. The van der Waals surface area contributed by atoms with Crippen LogP contribution >= 0.6 is 15.9 Å². The highest BCUT2D eigenvalue weighted by atomic mass is 79.9. The molecule has 0 saturated carbocycles. The van der Waals surface area contributed by atoms with E-state index in [4.69, 9.17) is 0 Å². The molecule has 3 aromatic rings. The molecule has 0 aromatic heterocycles. The van der Waals surface area contributed by atoms with Gasteiger partial charge in [-0.25, -0.2) is 4.39 Å². The molecule has 0 aliphatic heterocycles. The number of halogens is 2. The largest absolute Gasteiger partial charge is 0.379 e. The Hall–Kier alpha value is -1.87. The second-order valence-electron chi connectivity index (χ2n) is 5.12. The minimum absolute atomic E-state index is 0.124. The lowest BCUT2D eigenvalue weighted by molar-refractivity contribution is 0.626. The van der Waals surface area contributed by atoms with Gasteiger partial charge in [-0.2, -0.15) is 0 Å². The van der Waals surface area contributed by atoms with Crippen molar-refractivity contribution < 1.29 is 4.39 Å². The van der Waals surface area contributed by atoms with Gasteiger partial charge in [0, 0.05) is 16.2 Å². The van der Waals surface area contributed by atoms with Crippen LogP contribution in [0.25, 0.3) is 10.8 Å². The third kappa shape index (κ3) is 3.24. The van der Waals surface area contributed by atoms with Crippen LogP contribution in [-0.2, 0) is 0 Å². The van der Waals surface area contributed by atoms with Crippen molar-refractivity contribution in [3.63, 3.8) is 0 Å². The van der Waals surface area contributed by atoms with E-state index in [1.807, 2.05) is 18.2 Å². The SMILES string of the molecule is CC(Nc1ccc2cc(Br)ccc2c1)c1ccc(F)cc1. The van der Waals surface area contributed by atoms with E-state index < -0.39 is 0 Å². The van der Waals surface area contributed by atoms with Gasteiger partial charge in [-0.05, 0) is 59.7 Å². The van der Waals surface area contributed by atoms with Gasteiger partial charge in [0.15, 0.2) is 0 Å². The summed E-state index contributed by atoms with van der Waals surface area (Å²) < 4.78 is 14.0. The normalized spacial score (nSPS) is 12.3. The molecule has 0 spiro atoms. The van der Waals surface area contributed by atoms with Gasteiger partial charge in [-0.3, -0.25) is 0 Å². The first kappa shape index (κ1) is 14.1. The summed E-state index contributed by atoms with van der Waals surface area (Å²) in [4.78, 5) is 0. The Kier molecular flexibility index (Phi) is 3.93. The summed E-state index contributed by atoms with van der Waals surface area (Å²) in [6.45, 7) is 2.07. The molecule has 0 bridgehead atoms. The van der Waals surface area contributed by atoms with Crippen molar-refractivity contribution in [1.29, 1.82) is 0 Å². The first-order valence-corrected chi connectivity index (χ1v) is 7.62. The van der Waals surface area contributed by atoms with E-state index in [-0.39, 0.29) is 11.9 Å². The van der Waals surface area contributed by atoms with Crippen molar-refractivity contribution >= 4 is 32.4 Å². The highest BCUT2D eigenvalue weighted by Crippen LogP contribution is 2.25. The number of rotatable bonds is 3. The van der Waals surface area contributed by atoms with Gasteiger partial charge in [-0.15, -0.1) is 0 Å². The van der Waals surface area contributed by atoms with Gasteiger partial charge >= 0.3 is 0 Å². The Balaban J connectivity index is 1.84. The first-order chi connectivity index (χ1) is 10.1. The fourth-order valence-corrected chi connectivity index (χ4v) is 2.77. The number of fused-ring (bicyclic) bond motifs is 1. The van der Waals surface area contributed by atoms with Gasteiger partial charge < -0.3 is 5.32 Å². The number of anilines is 1. The van der Waals surface area contributed by atoms with Gasteiger partial charge in [0.05, 0.1) is 0 Å². The molecule has 0 fully saturated rings. The molecule has 1 nitrogen and oxygen atoms in total. The van der Waals surface area contributed by atoms with Gasteiger partial charge in [0.25, 0.3) is 0 Å². The predicted molar refractivity (Wildman–Crippen MR) is 90.1 cm³/mol. The lowest BCUT2D eigenvalue weighted by Gasteiger charge is -2.16. The second-order valence-corrected chi connectivity index (χ2v) is 6.04. The quantitative estimate of drug-likeness (QED) is 0.622. The molecule has 0 amide bonds. The average molecular weight is 344 g/mol. The highest BCUT2D eigenvalue weighted by molar-refractivity contribution is 9.10. The molecule has 0 saturated heterocycles. The van der Waals surface area contributed by atoms with E-state index in [2.05, 4.69) is 58.5 Å². The second kappa shape index (κ2) is 5.86. The van der Waals surface area contributed by atoms with Crippen molar-refractivity contribution in [3.05, 3.63) is 76.5 Å². The Morgan fingerprint density at radius 1 is 0.905 bits per heavy atom. The summed E-state index contributed by atoms with van der Waals surface area (Å²) in [5, 5.41) is 5.84. The van der Waals surface area contributed by atoms with Crippen molar-refractivity contribution in [2.24, 2.45) is 0 Å². The van der Waals surface area contributed by atoms with Crippen molar-refractivity contribution in [2.45, 2.75) is 13.0 Å². The average Bonchev–Trinajstić information content (AvgIpc) is 2.48.